The summed E-state index contributed by atoms with van der Waals surface area (Å²) in [5, 5.41) is 0. The first-order chi connectivity index (χ1) is 27.5. The second kappa shape index (κ2) is 29.5. The van der Waals surface area contributed by atoms with Gasteiger partial charge in [-0.25, -0.2) is 9.59 Å². The number of benzene rings is 2. The van der Waals surface area contributed by atoms with Gasteiger partial charge in [0.25, 0.3) is 0 Å². The number of carbonyl (C=O) groups excluding carboxylic acids is 2. The topological polar surface area (TPSA) is 108 Å². The van der Waals surface area contributed by atoms with E-state index in [0.717, 1.165) is 75.8 Å². The first-order valence-electron chi connectivity index (χ1n) is 20.8. The zero-order chi connectivity index (χ0) is 40.1. The molecule has 2 bridgehead atoms. The molecule has 5 rings (SSSR count). The molecule has 3 fully saturated rings. The van der Waals surface area contributed by atoms with Gasteiger partial charge in [-0.05, 0) is 120 Å². The van der Waals surface area contributed by atoms with Gasteiger partial charge in [0.2, 0.25) is 0 Å². The number of carbonyl (C=O) groups is 2. The summed E-state index contributed by atoms with van der Waals surface area (Å²) in [6.45, 7) is 16.0. The fraction of sp³-hybridized carbons (Fsp3) is 0.609. The molecule has 0 heterocycles. The van der Waals surface area contributed by atoms with Crippen molar-refractivity contribution in [2.75, 3.05) is 66.1 Å². The molecule has 0 aromatic heterocycles. The summed E-state index contributed by atoms with van der Waals surface area (Å²) in [7, 11) is 0. The van der Waals surface area contributed by atoms with Crippen LogP contribution in [0, 0.1) is 23.7 Å². The van der Waals surface area contributed by atoms with Crippen molar-refractivity contribution in [3.05, 3.63) is 86.0 Å². The summed E-state index contributed by atoms with van der Waals surface area (Å²) in [4.78, 5) is 22.7. The summed E-state index contributed by atoms with van der Waals surface area (Å²) in [5.74, 6) is 5.29. The molecule has 6 unspecified atom stereocenters. The molecule has 2 aromatic carbocycles. The summed E-state index contributed by atoms with van der Waals surface area (Å²) in [6, 6.07) is 18.7. The molecule has 312 valence electrons. The van der Waals surface area contributed by atoms with Crippen molar-refractivity contribution in [1.82, 2.24) is 0 Å². The number of rotatable bonds is 26. The van der Waals surface area contributed by atoms with E-state index in [1.807, 2.05) is 74.5 Å². The normalized spacial score (nSPS) is 19.9. The van der Waals surface area contributed by atoms with Crippen LogP contribution in [0.15, 0.2) is 86.0 Å². The van der Waals surface area contributed by atoms with E-state index >= 15 is 0 Å². The Hall–Kier alpha value is -3.70. The van der Waals surface area contributed by atoms with Crippen LogP contribution in [-0.2, 0) is 38.0 Å². The minimum Gasteiger partial charge on any atom is -0.490 e. The maximum absolute atomic E-state index is 11.4. The Morgan fingerprint density at radius 2 is 0.982 bits per heavy atom. The highest BCUT2D eigenvalue weighted by Crippen LogP contribution is 2.58. The number of fused-ring (bicyclic) bond motifs is 5. The summed E-state index contributed by atoms with van der Waals surface area (Å²) < 4.78 is 43.3. The van der Waals surface area contributed by atoms with Crippen LogP contribution in [0.4, 0.5) is 0 Å². The Bertz CT molecular complexity index is 1220. The van der Waals surface area contributed by atoms with Gasteiger partial charge in [0, 0.05) is 51.8 Å². The van der Waals surface area contributed by atoms with Crippen molar-refractivity contribution in [2.45, 2.75) is 90.3 Å². The van der Waals surface area contributed by atoms with Gasteiger partial charge in [-0.3, -0.25) is 0 Å². The molecule has 6 atom stereocenters. The number of unbranched alkanes of at least 4 members (excludes halogenated alkanes) is 2. The standard InChI is InChI=1S/2C18H26O5.C10H16/c2*1-3-18(19)23-17(14-21-13-9-8-12-20-4-2)15-22-16-10-6-5-7-11-16;1-2-9-7-4-5-8(6-7)10(9)3-1/h2*3,5-7,10-11,17H,1,4,8-9,12-15H2,2H3;7-10H,1-6H2. The van der Waals surface area contributed by atoms with Crippen molar-refractivity contribution in [2.24, 2.45) is 23.7 Å². The third kappa shape index (κ3) is 19.4. The quantitative estimate of drug-likeness (QED) is 0.0522. The van der Waals surface area contributed by atoms with E-state index in [9.17, 15) is 9.59 Å². The van der Waals surface area contributed by atoms with Gasteiger partial charge in [-0.15, -0.1) is 0 Å². The van der Waals surface area contributed by atoms with Crippen LogP contribution in [0.25, 0.3) is 0 Å². The fourth-order valence-electron chi connectivity index (χ4n) is 7.62. The lowest BCUT2D eigenvalue weighted by atomic mass is 9.82. The molecule has 0 spiro atoms. The smallest absolute Gasteiger partial charge is 0.330 e. The largest absolute Gasteiger partial charge is 0.490 e. The first kappa shape index (κ1) is 46.7. The number of ether oxygens (including phenoxy) is 8. The minimum absolute atomic E-state index is 0.239. The van der Waals surface area contributed by atoms with Crippen molar-refractivity contribution in [3.63, 3.8) is 0 Å². The van der Waals surface area contributed by atoms with Crippen LogP contribution in [0.2, 0.25) is 0 Å². The lowest BCUT2D eigenvalue weighted by molar-refractivity contribution is -0.148. The molecule has 10 nitrogen and oxygen atoms in total. The van der Waals surface area contributed by atoms with Crippen molar-refractivity contribution in [3.8, 4) is 11.5 Å². The van der Waals surface area contributed by atoms with E-state index in [1.165, 1.54) is 23.7 Å². The van der Waals surface area contributed by atoms with Crippen LogP contribution < -0.4 is 9.47 Å². The Labute approximate surface area is 336 Å². The molecule has 3 saturated carbocycles. The SMILES string of the molecule is C1CC2C3CCC(C3)C2C1.C=CC(=O)OC(COCCCCOCC)COc1ccccc1.C=CC(=O)OC(COCCCCOCC)COc1ccccc1. The molecule has 3 aliphatic carbocycles. The first-order valence-corrected chi connectivity index (χ1v) is 20.8. The van der Waals surface area contributed by atoms with Gasteiger partial charge < -0.3 is 37.9 Å². The van der Waals surface area contributed by atoms with E-state index < -0.39 is 24.1 Å². The average molecular weight is 781 g/mol. The van der Waals surface area contributed by atoms with E-state index in [0.29, 0.717) is 26.4 Å². The zero-order valence-electron chi connectivity index (χ0n) is 34.0. The lowest BCUT2D eigenvalue weighted by Crippen LogP contribution is -2.29. The van der Waals surface area contributed by atoms with Gasteiger partial charge in [-0.2, -0.15) is 0 Å². The molecular formula is C46H68O10. The summed E-state index contributed by atoms with van der Waals surface area (Å²) in [5.41, 5.74) is 0. The highest BCUT2D eigenvalue weighted by Gasteiger charge is 2.48. The van der Waals surface area contributed by atoms with Crippen molar-refractivity contribution >= 4 is 11.9 Å². The Balaban J connectivity index is 0.000000240. The molecule has 0 saturated heterocycles. The van der Waals surface area contributed by atoms with Crippen LogP contribution >= 0.6 is 0 Å². The maximum Gasteiger partial charge on any atom is 0.330 e. The zero-order valence-corrected chi connectivity index (χ0v) is 34.0. The summed E-state index contributed by atoms with van der Waals surface area (Å²) >= 11 is 0. The van der Waals surface area contributed by atoms with Gasteiger partial charge in [0.1, 0.15) is 24.7 Å². The van der Waals surface area contributed by atoms with Crippen LogP contribution in [0.1, 0.15) is 78.1 Å². The minimum atomic E-state index is -0.480. The van der Waals surface area contributed by atoms with Crippen LogP contribution in [0.5, 0.6) is 11.5 Å². The Morgan fingerprint density at radius 1 is 0.589 bits per heavy atom. The van der Waals surface area contributed by atoms with Crippen molar-refractivity contribution in [1.29, 1.82) is 0 Å². The molecule has 0 aliphatic heterocycles. The van der Waals surface area contributed by atoms with Gasteiger partial charge >= 0.3 is 11.9 Å². The number of hydrogen-bond acceptors (Lipinski definition) is 10. The molecule has 10 heteroatoms. The van der Waals surface area contributed by atoms with Crippen molar-refractivity contribution < 1.29 is 47.5 Å². The van der Waals surface area contributed by atoms with E-state index in [1.54, 1.807) is 38.5 Å². The molecule has 0 radical (unpaired) electrons. The van der Waals surface area contributed by atoms with Gasteiger partial charge in [0.05, 0.1) is 13.2 Å². The summed E-state index contributed by atoms with van der Waals surface area (Å²) in [6.07, 6.45) is 14.6. The highest BCUT2D eigenvalue weighted by atomic mass is 16.6. The van der Waals surface area contributed by atoms with Crippen LogP contribution in [-0.4, -0.2) is 90.2 Å². The predicted octanol–water partition coefficient (Wildman–Crippen LogP) is 8.83. The molecule has 0 N–H and O–H groups in total. The average Bonchev–Trinajstić information content (AvgIpc) is 4.00. The Kier molecular flexibility index (Phi) is 24.6. The van der Waals surface area contributed by atoms with Gasteiger partial charge in [0.15, 0.2) is 12.2 Å². The van der Waals surface area contributed by atoms with E-state index in [4.69, 9.17) is 37.9 Å². The molecule has 56 heavy (non-hydrogen) atoms. The lowest BCUT2D eigenvalue weighted by Gasteiger charge is -2.23. The number of esters is 2. The third-order valence-electron chi connectivity index (χ3n) is 10.3. The number of hydrogen-bond donors (Lipinski definition) is 0. The molecule has 0 amide bonds. The highest BCUT2D eigenvalue weighted by molar-refractivity contribution is 5.81. The predicted molar refractivity (Wildman–Crippen MR) is 219 cm³/mol. The second-order valence-corrected chi connectivity index (χ2v) is 14.3. The Morgan fingerprint density at radius 3 is 1.36 bits per heavy atom. The molecule has 3 aliphatic rings. The van der Waals surface area contributed by atoms with E-state index in [-0.39, 0.29) is 13.2 Å². The third-order valence-corrected chi connectivity index (χ3v) is 10.3. The van der Waals surface area contributed by atoms with Crippen LogP contribution in [0.3, 0.4) is 0 Å². The maximum atomic E-state index is 11.4. The molecule has 2 aromatic rings. The second-order valence-electron chi connectivity index (χ2n) is 14.3. The van der Waals surface area contributed by atoms with Gasteiger partial charge in [-0.1, -0.05) is 56.0 Å². The fourth-order valence-corrected chi connectivity index (χ4v) is 7.62. The molecular weight excluding hydrogens is 712 g/mol. The monoisotopic (exact) mass is 780 g/mol. The van der Waals surface area contributed by atoms with E-state index in [2.05, 4.69) is 13.2 Å². The number of para-hydroxylation sites is 2.